The van der Waals surface area contributed by atoms with E-state index >= 15 is 4.39 Å². The van der Waals surface area contributed by atoms with Gasteiger partial charge in [-0.05, 0) is 48.7 Å². The standard InChI is InChI=1S/C24H20ClFN2O5S/c1-34(31,32)21-9-3-2-6-16(21)15-10-11-19(18(26)14-15)28-13-5-8-20(23(28)29)33-24(30)17-7-4-12-27-22(17)25/h2-4,6-7,9-12,14,20H,5,8,13H2,1H3. The van der Waals surface area contributed by atoms with Crippen LogP contribution < -0.4 is 4.90 Å². The predicted molar refractivity (Wildman–Crippen MR) is 125 cm³/mol. The Morgan fingerprint density at radius 3 is 2.65 bits per heavy atom. The van der Waals surface area contributed by atoms with Crippen LogP contribution in [0.2, 0.25) is 5.15 Å². The SMILES string of the molecule is CS(=O)(=O)c1ccccc1-c1ccc(N2CCCC(OC(=O)c3cccnc3Cl)C2=O)c(F)c1. The number of sulfone groups is 1. The molecular formula is C24H20ClFN2O5S. The van der Waals surface area contributed by atoms with Crippen molar-refractivity contribution in [1.29, 1.82) is 0 Å². The second kappa shape index (κ2) is 9.52. The summed E-state index contributed by atoms with van der Waals surface area (Å²) in [4.78, 5) is 30.6. The Labute approximate surface area is 201 Å². The lowest BCUT2D eigenvalue weighted by atomic mass is 10.0. The monoisotopic (exact) mass is 502 g/mol. The molecule has 0 N–H and O–H groups in total. The van der Waals surface area contributed by atoms with Gasteiger partial charge in [0, 0.05) is 24.6 Å². The normalized spacial score (nSPS) is 16.4. The van der Waals surface area contributed by atoms with E-state index in [9.17, 15) is 18.0 Å². The molecule has 0 radical (unpaired) electrons. The van der Waals surface area contributed by atoms with E-state index in [4.69, 9.17) is 16.3 Å². The zero-order valence-electron chi connectivity index (χ0n) is 18.1. The minimum absolute atomic E-state index is 0.0192. The molecule has 1 unspecified atom stereocenters. The molecule has 0 aliphatic carbocycles. The molecule has 1 aliphatic heterocycles. The van der Waals surface area contributed by atoms with Gasteiger partial charge in [0.25, 0.3) is 5.91 Å². The minimum Gasteiger partial charge on any atom is -0.449 e. The number of esters is 1. The first-order chi connectivity index (χ1) is 16.2. The molecule has 0 saturated carbocycles. The lowest BCUT2D eigenvalue weighted by Gasteiger charge is -2.32. The summed E-state index contributed by atoms with van der Waals surface area (Å²) in [6.07, 6.45) is 2.20. The second-order valence-electron chi connectivity index (χ2n) is 7.80. The third-order valence-electron chi connectivity index (χ3n) is 5.45. The average Bonchev–Trinajstić information content (AvgIpc) is 2.80. The fourth-order valence-electron chi connectivity index (χ4n) is 3.84. The van der Waals surface area contributed by atoms with Crippen molar-refractivity contribution in [1.82, 2.24) is 4.98 Å². The maximum absolute atomic E-state index is 15.2. The number of ether oxygens (including phenoxy) is 1. The van der Waals surface area contributed by atoms with Crippen LogP contribution in [-0.4, -0.2) is 44.2 Å². The summed E-state index contributed by atoms with van der Waals surface area (Å²) in [5.74, 6) is -2.04. The number of piperidine rings is 1. The highest BCUT2D eigenvalue weighted by molar-refractivity contribution is 7.90. The molecule has 176 valence electrons. The minimum atomic E-state index is -3.53. The largest absolute Gasteiger partial charge is 0.449 e. The van der Waals surface area contributed by atoms with E-state index in [-0.39, 0.29) is 27.8 Å². The van der Waals surface area contributed by atoms with Gasteiger partial charge in [0.15, 0.2) is 15.9 Å². The highest BCUT2D eigenvalue weighted by Gasteiger charge is 2.34. The molecule has 34 heavy (non-hydrogen) atoms. The van der Waals surface area contributed by atoms with Gasteiger partial charge in [-0.25, -0.2) is 22.6 Å². The molecule has 1 aromatic heterocycles. The number of aromatic nitrogens is 1. The first-order valence-corrected chi connectivity index (χ1v) is 12.7. The van der Waals surface area contributed by atoms with Gasteiger partial charge in [0.1, 0.15) is 11.0 Å². The predicted octanol–water partition coefficient (Wildman–Crippen LogP) is 4.30. The van der Waals surface area contributed by atoms with Gasteiger partial charge in [-0.1, -0.05) is 35.9 Å². The maximum atomic E-state index is 15.2. The molecule has 7 nitrogen and oxygen atoms in total. The van der Waals surface area contributed by atoms with Crippen molar-refractivity contribution >= 4 is 39.0 Å². The number of pyridine rings is 1. The molecule has 0 bridgehead atoms. The molecule has 0 spiro atoms. The van der Waals surface area contributed by atoms with Crippen molar-refractivity contribution in [3.63, 3.8) is 0 Å². The van der Waals surface area contributed by atoms with Gasteiger partial charge in [0.2, 0.25) is 0 Å². The number of hydrogen-bond acceptors (Lipinski definition) is 6. The topological polar surface area (TPSA) is 93.6 Å². The number of hydrogen-bond donors (Lipinski definition) is 0. The van der Waals surface area contributed by atoms with Crippen LogP contribution in [-0.2, 0) is 19.4 Å². The number of carbonyl (C=O) groups excluding carboxylic acids is 2. The Kier molecular flexibility index (Phi) is 6.67. The Balaban J connectivity index is 1.59. The van der Waals surface area contributed by atoms with Crippen molar-refractivity contribution in [3.8, 4) is 11.1 Å². The number of nitrogens with zero attached hydrogens (tertiary/aromatic N) is 2. The molecule has 3 aromatic rings. The molecule has 1 amide bonds. The van der Waals surface area contributed by atoms with Crippen molar-refractivity contribution in [2.75, 3.05) is 17.7 Å². The van der Waals surface area contributed by atoms with E-state index in [0.717, 1.165) is 6.26 Å². The number of carbonyl (C=O) groups is 2. The summed E-state index contributed by atoms with van der Waals surface area (Å²) in [5.41, 5.74) is 0.779. The fraction of sp³-hybridized carbons (Fsp3) is 0.208. The van der Waals surface area contributed by atoms with Crippen LogP contribution in [0.1, 0.15) is 23.2 Å². The summed E-state index contributed by atoms with van der Waals surface area (Å²) >= 11 is 5.93. The Morgan fingerprint density at radius 1 is 1.18 bits per heavy atom. The van der Waals surface area contributed by atoms with Crippen LogP contribution in [0.5, 0.6) is 0 Å². The Morgan fingerprint density at radius 2 is 1.94 bits per heavy atom. The summed E-state index contributed by atoms with van der Waals surface area (Å²) in [5, 5.41) is -0.0383. The van der Waals surface area contributed by atoms with E-state index in [1.54, 1.807) is 24.3 Å². The van der Waals surface area contributed by atoms with Gasteiger partial charge >= 0.3 is 5.97 Å². The summed E-state index contributed by atoms with van der Waals surface area (Å²) in [6, 6.07) is 13.4. The van der Waals surface area contributed by atoms with Gasteiger partial charge in [-0.3, -0.25) is 4.79 Å². The quantitative estimate of drug-likeness (QED) is 0.381. The highest BCUT2D eigenvalue weighted by Crippen LogP contribution is 2.32. The average molecular weight is 503 g/mol. The first-order valence-electron chi connectivity index (χ1n) is 10.4. The van der Waals surface area contributed by atoms with Crippen molar-refractivity contribution in [3.05, 3.63) is 77.3 Å². The van der Waals surface area contributed by atoms with Crippen LogP contribution in [0.15, 0.2) is 65.7 Å². The third-order valence-corrected chi connectivity index (χ3v) is 6.91. The number of amides is 1. The Bertz CT molecular complexity index is 1380. The van der Waals surface area contributed by atoms with Crippen LogP contribution in [0.3, 0.4) is 0 Å². The fourth-order valence-corrected chi connectivity index (χ4v) is 4.95. The summed E-state index contributed by atoms with van der Waals surface area (Å²) in [7, 11) is -3.53. The van der Waals surface area contributed by atoms with Gasteiger partial charge < -0.3 is 9.64 Å². The van der Waals surface area contributed by atoms with E-state index in [0.29, 0.717) is 24.0 Å². The zero-order valence-corrected chi connectivity index (χ0v) is 19.6. The first kappa shape index (κ1) is 23.8. The number of benzene rings is 2. The van der Waals surface area contributed by atoms with Gasteiger partial charge in [0.05, 0.1) is 16.1 Å². The smallest absolute Gasteiger partial charge is 0.342 e. The lowest BCUT2D eigenvalue weighted by Crippen LogP contribution is -2.46. The van der Waals surface area contributed by atoms with Crippen molar-refractivity contribution in [2.45, 2.75) is 23.8 Å². The molecule has 1 aliphatic rings. The maximum Gasteiger partial charge on any atom is 0.342 e. The van der Waals surface area contributed by atoms with E-state index in [1.165, 1.54) is 41.4 Å². The van der Waals surface area contributed by atoms with E-state index in [1.807, 2.05) is 0 Å². The van der Waals surface area contributed by atoms with Crippen LogP contribution in [0.25, 0.3) is 11.1 Å². The van der Waals surface area contributed by atoms with E-state index < -0.39 is 33.6 Å². The highest BCUT2D eigenvalue weighted by atomic mass is 35.5. The third kappa shape index (κ3) is 4.80. The number of anilines is 1. The van der Waals surface area contributed by atoms with Crippen LogP contribution in [0, 0.1) is 5.82 Å². The molecule has 10 heteroatoms. The van der Waals surface area contributed by atoms with E-state index in [2.05, 4.69) is 4.98 Å². The summed E-state index contributed by atoms with van der Waals surface area (Å²) < 4.78 is 44.8. The number of halogens is 2. The molecule has 2 aromatic carbocycles. The molecule has 1 atom stereocenters. The Hall–Kier alpha value is -3.30. The second-order valence-corrected chi connectivity index (χ2v) is 10.1. The zero-order chi connectivity index (χ0) is 24.5. The van der Waals surface area contributed by atoms with Gasteiger partial charge in [-0.15, -0.1) is 0 Å². The van der Waals surface area contributed by atoms with Crippen LogP contribution >= 0.6 is 11.6 Å². The van der Waals surface area contributed by atoms with Gasteiger partial charge in [-0.2, -0.15) is 0 Å². The number of rotatable bonds is 5. The molecule has 1 saturated heterocycles. The van der Waals surface area contributed by atoms with Crippen molar-refractivity contribution < 1.29 is 27.1 Å². The molecular weight excluding hydrogens is 483 g/mol. The summed E-state index contributed by atoms with van der Waals surface area (Å²) in [6.45, 7) is 0.247. The van der Waals surface area contributed by atoms with Crippen LogP contribution in [0.4, 0.5) is 10.1 Å². The molecule has 1 fully saturated rings. The molecule has 4 rings (SSSR count). The lowest BCUT2D eigenvalue weighted by molar-refractivity contribution is -0.129. The molecule has 2 heterocycles. The van der Waals surface area contributed by atoms with Crippen molar-refractivity contribution in [2.24, 2.45) is 0 Å².